The van der Waals surface area contributed by atoms with Crippen LogP contribution in [-0.4, -0.2) is 23.6 Å². The topological polar surface area (TPSA) is 92.3 Å². The second-order valence-electron chi connectivity index (χ2n) is 7.42. The average Bonchev–Trinajstić information content (AvgIpc) is 2.69. The molecule has 2 N–H and O–H groups in total. The molecule has 4 amide bonds. The molecule has 1 saturated heterocycles. The van der Waals surface area contributed by atoms with Crippen molar-refractivity contribution >= 4 is 23.6 Å². The molecule has 0 aromatic heterocycles. The zero-order chi connectivity index (χ0) is 19.9. The first kappa shape index (κ1) is 18.1. The number of barbiturate groups is 1. The number of imide groups is 2. The van der Waals surface area contributed by atoms with Crippen LogP contribution < -0.4 is 10.6 Å². The summed E-state index contributed by atoms with van der Waals surface area (Å²) in [4.78, 5) is 51.4. The Balaban J connectivity index is 1.99. The standard InChI is InChI=1S/C22H20N2O4/c1-13-17(25)12-16(14-8-4-2-5-9-14)22(18(13)15-10-6-3-7-11-15)19(26)23-21(28)24-20(22)27/h2-11,13,16,18H,12H2,1H3,(H2,23,24,26,27,28)/t13-,16+,18-/m0/s1. The fourth-order valence-electron chi connectivity index (χ4n) is 4.77. The summed E-state index contributed by atoms with van der Waals surface area (Å²) < 4.78 is 0. The molecule has 1 aliphatic heterocycles. The van der Waals surface area contributed by atoms with Crippen LogP contribution in [0.2, 0.25) is 0 Å². The van der Waals surface area contributed by atoms with Gasteiger partial charge in [-0.05, 0) is 11.1 Å². The number of carbonyl (C=O) groups excluding carboxylic acids is 4. The Hall–Kier alpha value is -3.28. The van der Waals surface area contributed by atoms with Gasteiger partial charge in [-0.15, -0.1) is 0 Å². The normalized spacial score (nSPS) is 26.7. The fraction of sp³-hybridized carbons (Fsp3) is 0.273. The minimum Gasteiger partial charge on any atom is -0.299 e. The minimum atomic E-state index is -1.59. The Bertz CT molecular complexity index is 935. The predicted molar refractivity (Wildman–Crippen MR) is 101 cm³/mol. The van der Waals surface area contributed by atoms with Crippen LogP contribution in [0.15, 0.2) is 60.7 Å². The first-order valence-electron chi connectivity index (χ1n) is 9.25. The summed E-state index contributed by atoms with van der Waals surface area (Å²) in [7, 11) is 0. The highest BCUT2D eigenvalue weighted by atomic mass is 16.2. The van der Waals surface area contributed by atoms with Crippen molar-refractivity contribution < 1.29 is 19.2 Å². The minimum absolute atomic E-state index is 0.00849. The van der Waals surface area contributed by atoms with Crippen LogP contribution in [0, 0.1) is 11.3 Å². The molecule has 1 saturated carbocycles. The van der Waals surface area contributed by atoms with Crippen molar-refractivity contribution in [3.63, 3.8) is 0 Å². The van der Waals surface area contributed by atoms with Gasteiger partial charge >= 0.3 is 6.03 Å². The summed E-state index contributed by atoms with van der Waals surface area (Å²) in [6.45, 7) is 1.75. The van der Waals surface area contributed by atoms with Crippen LogP contribution in [0.25, 0.3) is 0 Å². The van der Waals surface area contributed by atoms with E-state index in [9.17, 15) is 19.2 Å². The molecule has 3 atom stereocenters. The third-order valence-corrected chi connectivity index (χ3v) is 6.02. The smallest absolute Gasteiger partial charge is 0.299 e. The van der Waals surface area contributed by atoms with Gasteiger partial charge < -0.3 is 0 Å². The Labute approximate surface area is 162 Å². The molecule has 142 valence electrons. The SMILES string of the molecule is C[C@H]1C(=O)C[C@H](c2ccccc2)C2(C(=O)NC(=O)NC2=O)[C@@H]1c1ccccc1. The van der Waals surface area contributed by atoms with E-state index in [1.807, 2.05) is 60.7 Å². The molecule has 2 aromatic carbocycles. The number of amides is 4. The Morgan fingerprint density at radius 1 is 0.786 bits per heavy atom. The van der Waals surface area contributed by atoms with E-state index in [0.29, 0.717) is 0 Å². The molecule has 2 fully saturated rings. The molecule has 1 aliphatic carbocycles. The van der Waals surface area contributed by atoms with E-state index in [1.165, 1.54) is 0 Å². The lowest BCUT2D eigenvalue weighted by Crippen LogP contribution is -2.68. The molecule has 1 spiro atoms. The highest BCUT2D eigenvalue weighted by Crippen LogP contribution is 2.57. The molecule has 0 unspecified atom stereocenters. The zero-order valence-corrected chi connectivity index (χ0v) is 15.3. The monoisotopic (exact) mass is 376 g/mol. The van der Waals surface area contributed by atoms with Gasteiger partial charge in [0.2, 0.25) is 11.8 Å². The molecule has 6 heteroatoms. The zero-order valence-electron chi connectivity index (χ0n) is 15.3. The van der Waals surface area contributed by atoms with E-state index in [-0.39, 0.29) is 12.2 Å². The lowest BCUT2D eigenvalue weighted by molar-refractivity contribution is -0.154. The predicted octanol–water partition coefficient (Wildman–Crippen LogP) is 2.52. The lowest BCUT2D eigenvalue weighted by atomic mass is 9.51. The molecule has 0 bridgehead atoms. The van der Waals surface area contributed by atoms with Crippen LogP contribution in [0.4, 0.5) is 4.79 Å². The van der Waals surface area contributed by atoms with Gasteiger partial charge in [-0.25, -0.2) is 4.79 Å². The Morgan fingerprint density at radius 3 is 1.82 bits per heavy atom. The summed E-state index contributed by atoms with van der Waals surface area (Å²) in [5.74, 6) is -3.21. The van der Waals surface area contributed by atoms with Gasteiger partial charge in [-0.1, -0.05) is 67.6 Å². The van der Waals surface area contributed by atoms with Crippen molar-refractivity contribution in [1.29, 1.82) is 0 Å². The summed E-state index contributed by atoms with van der Waals surface area (Å²) in [6.07, 6.45) is 0.0591. The van der Waals surface area contributed by atoms with Gasteiger partial charge in [0.15, 0.2) is 0 Å². The number of nitrogens with one attached hydrogen (secondary N) is 2. The first-order valence-corrected chi connectivity index (χ1v) is 9.25. The maximum atomic E-state index is 13.3. The van der Waals surface area contributed by atoms with E-state index in [4.69, 9.17) is 0 Å². The first-order chi connectivity index (χ1) is 13.5. The van der Waals surface area contributed by atoms with E-state index < -0.39 is 41.0 Å². The molecule has 6 nitrogen and oxygen atoms in total. The number of carbonyl (C=O) groups is 4. The van der Waals surface area contributed by atoms with Gasteiger partial charge in [0.05, 0.1) is 0 Å². The number of Topliss-reactive ketones (excluding diaryl/α,β-unsaturated/α-hetero) is 1. The second kappa shape index (κ2) is 6.71. The number of ketones is 1. The number of urea groups is 1. The third kappa shape index (κ3) is 2.56. The maximum absolute atomic E-state index is 13.3. The van der Waals surface area contributed by atoms with E-state index >= 15 is 0 Å². The molecule has 1 heterocycles. The van der Waals surface area contributed by atoms with Crippen LogP contribution in [-0.2, 0) is 14.4 Å². The molecule has 4 rings (SSSR count). The van der Waals surface area contributed by atoms with Gasteiger partial charge in [-0.2, -0.15) is 0 Å². The molecule has 2 aromatic rings. The van der Waals surface area contributed by atoms with Gasteiger partial charge in [-0.3, -0.25) is 25.0 Å². The summed E-state index contributed by atoms with van der Waals surface area (Å²) in [5, 5.41) is 4.57. The number of benzene rings is 2. The Morgan fingerprint density at radius 2 is 1.29 bits per heavy atom. The largest absolute Gasteiger partial charge is 0.328 e. The third-order valence-electron chi connectivity index (χ3n) is 6.02. The number of hydrogen-bond acceptors (Lipinski definition) is 4. The van der Waals surface area contributed by atoms with Crippen molar-refractivity contribution in [3.05, 3.63) is 71.8 Å². The van der Waals surface area contributed by atoms with E-state index in [0.717, 1.165) is 11.1 Å². The van der Waals surface area contributed by atoms with Crippen LogP contribution in [0.1, 0.15) is 36.3 Å². The van der Waals surface area contributed by atoms with Crippen LogP contribution in [0.3, 0.4) is 0 Å². The van der Waals surface area contributed by atoms with Gasteiger partial charge in [0.25, 0.3) is 0 Å². The highest BCUT2D eigenvalue weighted by Gasteiger charge is 2.65. The van der Waals surface area contributed by atoms with Gasteiger partial charge in [0, 0.05) is 24.2 Å². The molecular formula is C22H20N2O4. The molecule has 2 aliphatic rings. The number of hydrogen-bond donors (Lipinski definition) is 2. The average molecular weight is 376 g/mol. The van der Waals surface area contributed by atoms with E-state index in [2.05, 4.69) is 10.6 Å². The fourth-order valence-corrected chi connectivity index (χ4v) is 4.77. The number of rotatable bonds is 2. The van der Waals surface area contributed by atoms with Crippen LogP contribution >= 0.6 is 0 Å². The Kier molecular flexibility index (Phi) is 4.34. The summed E-state index contributed by atoms with van der Waals surface area (Å²) >= 11 is 0. The molecule has 28 heavy (non-hydrogen) atoms. The highest BCUT2D eigenvalue weighted by molar-refractivity contribution is 6.21. The lowest BCUT2D eigenvalue weighted by Gasteiger charge is -2.50. The summed E-state index contributed by atoms with van der Waals surface area (Å²) in [5.41, 5.74) is -0.142. The summed E-state index contributed by atoms with van der Waals surface area (Å²) in [6, 6.07) is 17.4. The quantitative estimate of drug-likeness (QED) is 0.788. The second-order valence-corrected chi connectivity index (χ2v) is 7.42. The van der Waals surface area contributed by atoms with Crippen molar-refractivity contribution in [2.75, 3.05) is 0 Å². The maximum Gasteiger partial charge on any atom is 0.328 e. The van der Waals surface area contributed by atoms with Crippen molar-refractivity contribution in [1.82, 2.24) is 10.6 Å². The molecular weight excluding hydrogens is 356 g/mol. The van der Waals surface area contributed by atoms with Gasteiger partial charge in [0.1, 0.15) is 11.2 Å². The van der Waals surface area contributed by atoms with E-state index in [1.54, 1.807) is 6.92 Å². The van der Waals surface area contributed by atoms with Crippen LogP contribution in [0.5, 0.6) is 0 Å². The van der Waals surface area contributed by atoms with Crippen molar-refractivity contribution in [3.8, 4) is 0 Å². The van der Waals surface area contributed by atoms with Crippen molar-refractivity contribution in [2.45, 2.75) is 25.2 Å². The van der Waals surface area contributed by atoms with Crippen molar-refractivity contribution in [2.24, 2.45) is 11.3 Å². The molecule has 0 radical (unpaired) electrons.